The van der Waals surface area contributed by atoms with Crippen molar-refractivity contribution >= 4 is 11.9 Å². The first kappa shape index (κ1) is 32.2. The maximum Gasteiger partial charge on any atom is 0.302 e. The van der Waals surface area contributed by atoms with E-state index in [9.17, 15) is 19.8 Å². The van der Waals surface area contributed by atoms with Crippen LogP contribution in [0.25, 0.3) is 0 Å². The van der Waals surface area contributed by atoms with Crippen molar-refractivity contribution in [2.75, 3.05) is 0 Å². The number of hydrogen-bond donors (Lipinski definition) is 2. The summed E-state index contributed by atoms with van der Waals surface area (Å²) in [6.07, 6.45) is 12.3. The van der Waals surface area contributed by atoms with Crippen LogP contribution in [0.2, 0.25) is 0 Å². The van der Waals surface area contributed by atoms with Crippen molar-refractivity contribution in [1.82, 2.24) is 4.90 Å². The molecule has 7 heteroatoms. The summed E-state index contributed by atoms with van der Waals surface area (Å²) in [4.78, 5) is 26.6. The lowest BCUT2D eigenvalue weighted by Gasteiger charge is -2.27. The lowest BCUT2D eigenvalue weighted by atomic mass is 9.98. The number of aliphatic hydroxyl groups excluding tert-OH is 1. The number of benzene rings is 1. The molecule has 0 aromatic heterocycles. The van der Waals surface area contributed by atoms with Crippen LogP contribution in [0.4, 0.5) is 0 Å². The molecule has 0 unspecified atom stereocenters. The minimum absolute atomic E-state index is 0.0910. The maximum absolute atomic E-state index is 12.8. The molecule has 0 bridgehead atoms. The highest BCUT2D eigenvalue weighted by atomic mass is 16.5. The van der Waals surface area contributed by atoms with Gasteiger partial charge in [0.15, 0.2) is 11.5 Å². The molecule has 1 aliphatic heterocycles. The highest BCUT2D eigenvalue weighted by Gasteiger charge is 2.32. The van der Waals surface area contributed by atoms with E-state index in [1.54, 1.807) is 0 Å². The molecule has 0 radical (unpaired) electrons. The molecule has 1 saturated carbocycles. The van der Waals surface area contributed by atoms with Gasteiger partial charge in [-0.25, -0.2) is 0 Å². The molecule has 2 fully saturated rings. The Kier molecular flexibility index (Phi) is 13.1. The van der Waals surface area contributed by atoms with Crippen LogP contribution >= 0.6 is 0 Å². The molecule has 1 amide bonds. The topological polar surface area (TPSA) is 96.3 Å². The Morgan fingerprint density at radius 2 is 1.85 bits per heavy atom. The summed E-state index contributed by atoms with van der Waals surface area (Å²) in [5.74, 6) is 0.983. The van der Waals surface area contributed by atoms with Gasteiger partial charge in [0.1, 0.15) is 6.10 Å². The molecule has 40 heavy (non-hydrogen) atoms. The lowest BCUT2D eigenvalue weighted by Crippen LogP contribution is -2.32. The first-order valence-electron chi connectivity index (χ1n) is 15.8. The second kappa shape index (κ2) is 16.2. The zero-order valence-corrected chi connectivity index (χ0v) is 25.3. The summed E-state index contributed by atoms with van der Waals surface area (Å²) in [5.41, 5.74) is 1.68. The van der Waals surface area contributed by atoms with E-state index in [0.29, 0.717) is 55.9 Å². The van der Waals surface area contributed by atoms with E-state index < -0.39 is 6.10 Å². The van der Waals surface area contributed by atoms with E-state index >= 15 is 0 Å². The molecule has 1 heterocycles. The largest absolute Gasteiger partial charge is 0.504 e. The van der Waals surface area contributed by atoms with Crippen LogP contribution in [-0.2, 0) is 27.3 Å². The number of phenols is 1. The van der Waals surface area contributed by atoms with Gasteiger partial charge in [-0.1, -0.05) is 46.1 Å². The molecular weight excluding hydrogens is 506 g/mol. The van der Waals surface area contributed by atoms with E-state index in [1.807, 2.05) is 17.0 Å². The molecule has 2 N–H and O–H groups in total. The van der Waals surface area contributed by atoms with E-state index in [0.717, 1.165) is 69.8 Å². The number of carbonyl (C=O) groups is 2. The minimum atomic E-state index is -0.503. The van der Waals surface area contributed by atoms with Crippen molar-refractivity contribution < 1.29 is 29.3 Å². The van der Waals surface area contributed by atoms with Gasteiger partial charge in [-0.3, -0.25) is 9.59 Å². The van der Waals surface area contributed by atoms with Crippen LogP contribution in [0.1, 0.15) is 129 Å². The molecule has 3 rings (SSSR count). The molecule has 226 valence electrons. The van der Waals surface area contributed by atoms with Crippen LogP contribution in [0, 0.1) is 5.92 Å². The first-order valence-corrected chi connectivity index (χ1v) is 15.8. The van der Waals surface area contributed by atoms with Crippen molar-refractivity contribution in [2.45, 2.75) is 155 Å². The Hall–Kier alpha value is -2.28. The number of likely N-dealkylation sites (tertiary alicyclic amines) is 1. The van der Waals surface area contributed by atoms with Crippen LogP contribution in [0.15, 0.2) is 12.1 Å². The number of aromatic hydroxyl groups is 1. The predicted molar refractivity (Wildman–Crippen MR) is 157 cm³/mol. The number of unbranched alkanes of at least 4 members (excludes halogenated alkanes) is 2. The van der Waals surface area contributed by atoms with Gasteiger partial charge in [0.05, 0.1) is 12.2 Å². The molecule has 1 aromatic carbocycles. The van der Waals surface area contributed by atoms with Gasteiger partial charge in [0.25, 0.3) is 0 Å². The number of hydrogen-bond acceptors (Lipinski definition) is 6. The van der Waals surface area contributed by atoms with Gasteiger partial charge in [-0.2, -0.15) is 0 Å². The van der Waals surface area contributed by atoms with Crippen LogP contribution < -0.4 is 4.74 Å². The molecule has 0 spiro atoms. The van der Waals surface area contributed by atoms with Crippen molar-refractivity contribution in [3.63, 3.8) is 0 Å². The van der Waals surface area contributed by atoms with Gasteiger partial charge < -0.3 is 24.6 Å². The van der Waals surface area contributed by atoms with E-state index in [4.69, 9.17) is 9.47 Å². The Morgan fingerprint density at radius 3 is 2.52 bits per heavy atom. The number of aliphatic hydroxyl groups is 1. The third-order valence-corrected chi connectivity index (χ3v) is 8.44. The second-order valence-corrected chi connectivity index (χ2v) is 12.5. The zero-order chi connectivity index (χ0) is 29.1. The van der Waals surface area contributed by atoms with E-state index in [1.165, 1.54) is 6.92 Å². The number of nitrogens with zero attached hydrogens (tertiary/aromatic N) is 1. The average molecular weight is 560 g/mol. The number of amides is 1. The summed E-state index contributed by atoms with van der Waals surface area (Å²) in [6.45, 7) is 8.32. The molecule has 7 nitrogen and oxygen atoms in total. The van der Waals surface area contributed by atoms with E-state index in [-0.39, 0.29) is 35.9 Å². The summed E-state index contributed by atoms with van der Waals surface area (Å²) in [5, 5.41) is 21.8. The van der Waals surface area contributed by atoms with Gasteiger partial charge >= 0.3 is 5.97 Å². The van der Waals surface area contributed by atoms with Gasteiger partial charge in [0, 0.05) is 37.9 Å². The number of aryl methyl sites for hydroxylation is 1. The average Bonchev–Trinajstić information content (AvgIpc) is 3.53. The predicted octanol–water partition coefficient (Wildman–Crippen LogP) is 6.84. The lowest BCUT2D eigenvalue weighted by molar-refractivity contribution is -0.148. The third kappa shape index (κ3) is 10.3. The van der Waals surface area contributed by atoms with E-state index in [2.05, 4.69) is 20.8 Å². The third-order valence-electron chi connectivity index (χ3n) is 8.44. The number of rotatable bonds is 17. The highest BCUT2D eigenvalue weighted by molar-refractivity contribution is 5.79. The van der Waals surface area contributed by atoms with Crippen molar-refractivity contribution in [1.29, 1.82) is 0 Å². The standard InChI is InChI=1S/C33H53NO6/c1-5-6-7-10-28(36)21-30(39-24(4)35)17-14-25-19-26(33(38)31(20-25)40-29-11-8-9-12-29)22-34-27(15-13-23(2)3)16-18-32(34)37/h19-20,23,27-30,36,38H,5-18,21-22H2,1-4H3/t27-,28-,30+/m0/s1. The molecule has 1 saturated heterocycles. The molecule has 1 aliphatic carbocycles. The Balaban J connectivity index is 1.78. The maximum atomic E-state index is 12.8. The van der Waals surface area contributed by atoms with Crippen molar-refractivity contribution in [3.05, 3.63) is 23.3 Å². The van der Waals surface area contributed by atoms with Gasteiger partial charge in [-0.15, -0.1) is 0 Å². The van der Waals surface area contributed by atoms with Gasteiger partial charge in [0.2, 0.25) is 5.91 Å². The summed E-state index contributed by atoms with van der Waals surface area (Å²) in [6, 6.07) is 4.08. The van der Waals surface area contributed by atoms with Crippen LogP contribution in [0.5, 0.6) is 11.5 Å². The Labute approximate surface area is 241 Å². The molecule has 3 atom stereocenters. The van der Waals surface area contributed by atoms with Crippen LogP contribution in [-0.4, -0.2) is 51.3 Å². The fraction of sp³-hybridized carbons (Fsp3) is 0.758. The SMILES string of the molecule is CCCCC[C@H](O)C[C@@H](CCc1cc(CN2C(=O)CC[C@@H]2CCC(C)C)c(O)c(OC2CCCC2)c1)OC(C)=O. The number of phenolic OH excluding ortho intramolecular Hbond substituents is 1. The first-order chi connectivity index (χ1) is 19.2. The quantitative estimate of drug-likeness (QED) is 0.160. The fourth-order valence-corrected chi connectivity index (χ4v) is 6.13. The number of ether oxygens (including phenoxy) is 2. The fourth-order valence-electron chi connectivity index (χ4n) is 6.13. The Bertz CT molecular complexity index is 941. The van der Waals surface area contributed by atoms with Crippen molar-refractivity contribution in [3.8, 4) is 11.5 Å². The smallest absolute Gasteiger partial charge is 0.302 e. The zero-order valence-electron chi connectivity index (χ0n) is 25.3. The summed E-state index contributed by atoms with van der Waals surface area (Å²) >= 11 is 0. The monoisotopic (exact) mass is 559 g/mol. The number of esters is 1. The van der Waals surface area contributed by atoms with Gasteiger partial charge in [-0.05, 0) is 81.8 Å². The number of carbonyl (C=O) groups excluding carboxylic acids is 2. The minimum Gasteiger partial charge on any atom is -0.504 e. The highest BCUT2D eigenvalue weighted by Crippen LogP contribution is 2.38. The van der Waals surface area contributed by atoms with Crippen LogP contribution in [0.3, 0.4) is 0 Å². The molecule has 1 aromatic rings. The van der Waals surface area contributed by atoms with Crippen molar-refractivity contribution in [2.24, 2.45) is 5.92 Å². The summed E-state index contributed by atoms with van der Waals surface area (Å²) in [7, 11) is 0. The Morgan fingerprint density at radius 1 is 1.10 bits per heavy atom. The normalized spacial score (nSPS) is 19.4. The molecular formula is C33H53NO6. The molecule has 2 aliphatic rings. The summed E-state index contributed by atoms with van der Waals surface area (Å²) < 4.78 is 11.9. The second-order valence-electron chi connectivity index (χ2n) is 12.5.